The smallest absolute Gasteiger partial charge is 0.238 e. The molecule has 86 valence electrons. The molecule has 0 amide bonds. The fourth-order valence-corrected chi connectivity index (χ4v) is 2.84. The molecule has 0 aromatic carbocycles. The van der Waals surface area contributed by atoms with Crippen LogP contribution < -0.4 is 0 Å². The van der Waals surface area contributed by atoms with E-state index in [2.05, 4.69) is 4.98 Å². The van der Waals surface area contributed by atoms with Crippen molar-refractivity contribution >= 4 is 50.6 Å². The Kier molecular flexibility index (Phi) is 4.76. The summed E-state index contributed by atoms with van der Waals surface area (Å²) in [6.45, 7) is 0. The van der Waals surface area contributed by atoms with Crippen LogP contribution in [0.25, 0.3) is 0 Å². The molecule has 1 aromatic heterocycles. The van der Waals surface area contributed by atoms with Crippen LogP contribution in [-0.4, -0.2) is 20.7 Å². The lowest BCUT2D eigenvalue weighted by molar-refractivity contribution is -0.00615. The third kappa shape index (κ3) is 4.13. The quantitative estimate of drug-likeness (QED) is 0.577. The SMILES string of the molecule is FC(F)(Br)C(F)(Cl)CCSc1nccs1. The summed E-state index contributed by atoms with van der Waals surface area (Å²) in [6.07, 6.45) is 1.13. The van der Waals surface area contributed by atoms with Crippen LogP contribution in [0.3, 0.4) is 0 Å². The van der Waals surface area contributed by atoms with E-state index in [-0.39, 0.29) is 5.75 Å². The second-order valence-corrected chi connectivity index (χ2v) is 6.43. The molecule has 0 radical (unpaired) electrons. The monoisotopic (exact) mass is 339 g/mol. The summed E-state index contributed by atoms with van der Waals surface area (Å²) in [5.41, 5.74) is 0. The van der Waals surface area contributed by atoms with Gasteiger partial charge < -0.3 is 0 Å². The van der Waals surface area contributed by atoms with Gasteiger partial charge in [0.05, 0.1) is 0 Å². The average molecular weight is 341 g/mol. The first-order chi connectivity index (χ1) is 6.83. The maximum absolute atomic E-state index is 13.2. The van der Waals surface area contributed by atoms with Crippen LogP contribution in [0.5, 0.6) is 0 Å². The molecule has 0 saturated heterocycles. The van der Waals surface area contributed by atoms with Crippen molar-refractivity contribution in [3.63, 3.8) is 0 Å². The molecule has 8 heteroatoms. The van der Waals surface area contributed by atoms with Crippen molar-refractivity contribution in [2.75, 3.05) is 5.75 Å². The molecular formula is C7H6BrClF3NS2. The van der Waals surface area contributed by atoms with Gasteiger partial charge in [0, 0.05) is 23.8 Å². The minimum Gasteiger partial charge on any atom is -0.238 e. The zero-order valence-corrected chi connectivity index (χ0v) is 11.2. The molecule has 0 saturated carbocycles. The molecule has 0 N–H and O–H groups in total. The maximum Gasteiger partial charge on any atom is 0.348 e. The Morgan fingerprint density at radius 1 is 1.53 bits per heavy atom. The van der Waals surface area contributed by atoms with Crippen molar-refractivity contribution in [2.45, 2.75) is 20.7 Å². The molecule has 1 atom stereocenters. The average Bonchev–Trinajstić information content (AvgIpc) is 2.54. The lowest BCUT2D eigenvalue weighted by atomic mass is 10.3. The van der Waals surface area contributed by atoms with Crippen LogP contribution in [0.1, 0.15) is 6.42 Å². The predicted molar refractivity (Wildman–Crippen MR) is 61.0 cm³/mol. The Bertz CT molecular complexity index is 302. The Balaban J connectivity index is 2.37. The Morgan fingerprint density at radius 2 is 2.20 bits per heavy atom. The molecule has 0 bridgehead atoms. The minimum absolute atomic E-state index is 0.148. The molecule has 0 aliphatic carbocycles. The van der Waals surface area contributed by atoms with Gasteiger partial charge in [0.1, 0.15) is 4.34 Å². The van der Waals surface area contributed by atoms with E-state index in [1.54, 1.807) is 11.6 Å². The molecule has 1 unspecified atom stereocenters. The summed E-state index contributed by atoms with van der Waals surface area (Å²) in [4.78, 5) is 0.197. The van der Waals surface area contributed by atoms with Crippen molar-refractivity contribution < 1.29 is 13.2 Å². The molecular weight excluding hydrogens is 335 g/mol. The maximum atomic E-state index is 13.2. The van der Waals surface area contributed by atoms with E-state index >= 15 is 0 Å². The minimum atomic E-state index is -3.72. The van der Waals surface area contributed by atoms with Crippen molar-refractivity contribution in [2.24, 2.45) is 0 Å². The third-order valence-electron chi connectivity index (χ3n) is 1.47. The number of hydrogen-bond donors (Lipinski definition) is 0. The molecule has 1 aromatic rings. The number of thiazole rings is 1. The van der Waals surface area contributed by atoms with Gasteiger partial charge in [-0.15, -0.1) is 11.3 Å². The van der Waals surface area contributed by atoms with Crippen LogP contribution in [-0.2, 0) is 0 Å². The van der Waals surface area contributed by atoms with E-state index in [0.717, 1.165) is 0 Å². The summed E-state index contributed by atoms with van der Waals surface area (Å²) in [7, 11) is 0. The lowest BCUT2D eigenvalue weighted by Gasteiger charge is -2.22. The highest BCUT2D eigenvalue weighted by molar-refractivity contribution is 9.10. The number of rotatable bonds is 5. The van der Waals surface area contributed by atoms with Gasteiger partial charge in [-0.2, -0.15) is 8.78 Å². The summed E-state index contributed by atoms with van der Waals surface area (Å²) in [5, 5.41) is -1.30. The highest BCUT2D eigenvalue weighted by Crippen LogP contribution is 2.44. The molecule has 15 heavy (non-hydrogen) atoms. The Hall–Kier alpha value is 0.540. The first-order valence-corrected chi connectivity index (χ1v) is 6.83. The number of nitrogens with zero attached hydrogens (tertiary/aromatic N) is 1. The lowest BCUT2D eigenvalue weighted by Crippen LogP contribution is -2.34. The van der Waals surface area contributed by atoms with Gasteiger partial charge in [0.2, 0.25) is 0 Å². The van der Waals surface area contributed by atoms with Crippen molar-refractivity contribution in [3.8, 4) is 0 Å². The van der Waals surface area contributed by atoms with Crippen LogP contribution >= 0.6 is 50.6 Å². The zero-order valence-electron chi connectivity index (χ0n) is 7.22. The second kappa shape index (κ2) is 5.25. The van der Waals surface area contributed by atoms with E-state index < -0.39 is 16.4 Å². The molecule has 1 nitrogen and oxygen atoms in total. The predicted octanol–water partition coefficient (Wildman–Crippen LogP) is 4.52. The van der Waals surface area contributed by atoms with E-state index in [0.29, 0.717) is 4.34 Å². The largest absolute Gasteiger partial charge is 0.348 e. The van der Waals surface area contributed by atoms with Crippen LogP contribution in [0.15, 0.2) is 15.9 Å². The Morgan fingerprint density at radius 3 is 2.67 bits per heavy atom. The van der Waals surface area contributed by atoms with Gasteiger partial charge in [-0.1, -0.05) is 23.4 Å². The number of hydrogen-bond acceptors (Lipinski definition) is 3. The summed E-state index contributed by atoms with van der Waals surface area (Å²) < 4.78 is 39.0. The number of halogens is 5. The van der Waals surface area contributed by atoms with Crippen molar-refractivity contribution in [3.05, 3.63) is 11.6 Å². The summed E-state index contributed by atoms with van der Waals surface area (Å²) in [6, 6.07) is 0. The third-order valence-corrected chi connectivity index (χ3v) is 4.72. The van der Waals surface area contributed by atoms with Crippen molar-refractivity contribution in [1.29, 1.82) is 0 Å². The van der Waals surface area contributed by atoms with E-state index in [1.165, 1.54) is 23.1 Å². The highest BCUT2D eigenvalue weighted by Gasteiger charge is 2.51. The second-order valence-electron chi connectivity index (χ2n) is 2.60. The van der Waals surface area contributed by atoms with Gasteiger partial charge in [-0.05, 0) is 15.9 Å². The van der Waals surface area contributed by atoms with Gasteiger partial charge in [-0.3, -0.25) is 0 Å². The van der Waals surface area contributed by atoms with Gasteiger partial charge in [0.25, 0.3) is 5.13 Å². The molecule has 0 aliphatic rings. The van der Waals surface area contributed by atoms with Gasteiger partial charge >= 0.3 is 4.83 Å². The topological polar surface area (TPSA) is 12.9 Å². The zero-order chi connectivity index (χ0) is 11.5. The van der Waals surface area contributed by atoms with Crippen LogP contribution in [0.2, 0.25) is 0 Å². The first kappa shape index (κ1) is 13.6. The summed E-state index contributed by atoms with van der Waals surface area (Å²) >= 11 is 9.54. The normalized spacial score (nSPS) is 16.3. The Labute approximate surface area is 107 Å². The number of alkyl halides is 5. The number of thioether (sulfide) groups is 1. The standard InChI is InChI=1S/C7H6BrClF3NS2/c8-7(11,12)6(9,10)1-3-14-5-13-2-4-15-5/h2,4H,1,3H2. The molecule has 0 aliphatic heterocycles. The van der Waals surface area contributed by atoms with E-state index in [9.17, 15) is 13.2 Å². The van der Waals surface area contributed by atoms with Gasteiger partial charge in [0.15, 0.2) is 0 Å². The molecule has 1 heterocycles. The van der Waals surface area contributed by atoms with Crippen LogP contribution in [0, 0.1) is 0 Å². The fourth-order valence-electron chi connectivity index (χ4n) is 0.690. The van der Waals surface area contributed by atoms with Crippen molar-refractivity contribution in [1.82, 2.24) is 4.98 Å². The molecule has 1 rings (SSSR count). The molecule has 0 fully saturated rings. The number of aromatic nitrogens is 1. The first-order valence-electron chi connectivity index (χ1n) is 3.80. The van der Waals surface area contributed by atoms with Crippen LogP contribution in [0.4, 0.5) is 13.2 Å². The molecule has 0 spiro atoms. The summed E-state index contributed by atoms with van der Waals surface area (Å²) in [5.74, 6) is 0.148. The highest BCUT2D eigenvalue weighted by atomic mass is 79.9. The fraction of sp³-hybridized carbons (Fsp3) is 0.571. The van der Waals surface area contributed by atoms with Gasteiger partial charge in [-0.25, -0.2) is 9.37 Å². The van der Waals surface area contributed by atoms with E-state index in [4.69, 9.17) is 11.6 Å². The van der Waals surface area contributed by atoms with E-state index in [1.807, 2.05) is 15.9 Å².